The van der Waals surface area contributed by atoms with Gasteiger partial charge in [0, 0.05) is 19.7 Å². The van der Waals surface area contributed by atoms with E-state index < -0.39 is 0 Å². The third kappa shape index (κ3) is 2.73. The molecular formula is C15H27NO2. The summed E-state index contributed by atoms with van der Waals surface area (Å²) in [5.41, 5.74) is 0.288. The summed E-state index contributed by atoms with van der Waals surface area (Å²) in [6.45, 7) is 5.26. The highest BCUT2D eigenvalue weighted by molar-refractivity contribution is 4.93. The predicted octanol–water partition coefficient (Wildman–Crippen LogP) is 2.49. The monoisotopic (exact) mass is 253 g/mol. The molecule has 0 amide bonds. The maximum Gasteiger partial charge on any atom is 0.0708 e. The number of ether oxygens (including phenoxy) is 2. The summed E-state index contributed by atoms with van der Waals surface area (Å²) < 4.78 is 11.9. The highest BCUT2D eigenvalue weighted by Gasteiger charge is 2.41. The van der Waals surface area contributed by atoms with Crippen LogP contribution in [0.1, 0.15) is 51.9 Å². The van der Waals surface area contributed by atoms with Gasteiger partial charge in [0.25, 0.3) is 0 Å². The molecular weight excluding hydrogens is 226 g/mol. The summed E-state index contributed by atoms with van der Waals surface area (Å²) in [7, 11) is 0. The minimum Gasteiger partial charge on any atom is -0.378 e. The van der Waals surface area contributed by atoms with Gasteiger partial charge in [0.05, 0.1) is 17.8 Å². The molecule has 3 heteroatoms. The lowest BCUT2D eigenvalue weighted by molar-refractivity contribution is -0.0354. The van der Waals surface area contributed by atoms with Gasteiger partial charge in [-0.2, -0.15) is 0 Å². The molecule has 3 unspecified atom stereocenters. The standard InChI is InChI=1S/C15H27NO2/c1-12-13(5-9-17-12)10-16-11-14-4-8-15(18-14)6-2-3-7-15/h12-14,16H,2-11H2,1H3. The van der Waals surface area contributed by atoms with Crippen molar-refractivity contribution < 1.29 is 9.47 Å². The average molecular weight is 253 g/mol. The lowest BCUT2D eigenvalue weighted by Crippen LogP contribution is -2.34. The molecule has 18 heavy (non-hydrogen) atoms. The maximum absolute atomic E-state index is 6.31. The van der Waals surface area contributed by atoms with Gasteiger partial charge in [0.2, 0.25) is 0 Å². The first-order valence-electron chi connectivity index (χ1n) is 7.78. The SMILES string of the molecule is CC1OCCC1CNCC1CCC2(CCCC2)O1. The minimum atomic E-state index is 0.288. The zero-order valence-electron chi connectivity index (χ0n) is 11.6. The van der Waals surface area contributed by atoms with Crippen molar-refractivity contribution in [3.63, 3.8) is 0 Å². The molecule has 1 aliphatic carbocycles. The van der Waals surface area contributed by atoms with Crippen LogP contribution in [0.5, 0.6) is 0 Å². The molecule has 2 heterocycles. The van der Waals surface area contributed by atoms with E-state index in [1.165, 1.54) is 44.9 Å². The van der Waals surface area contributed by atoms with Gasteiger partial charge in [-0.15, -0.1) is 0 Å². The van der Waals surface area contributed by atoms with Crippen molar-refractivity contribution >= 4 is 0 Å². The van der Waals surface area contributed by atoms with Gasteiger partial charge in [0.1, 0.15) is 0 Å². The molecule has 2 saturated heterocycles. The van der Waals surface area contributed by atoms with Gasteiger partial charge in [-0.3, -0.25) is 0 Å². The van der Waals surface area contributed by atoms with E-state index in [1.54, 1.807) is 0 Å². The predicted molar refractivity (Wildman–Crippen MR) is 71.7 cm³/mol. The molecule has 2 aliphatic heterocycles. The summed E-state index contributed by atoms with van der Waals surface area (Å²) in [4.78, 5) is 0. The second-order valence-electron chi connectivity index (χ2n) is 6.45. The summed E-state index contributed by atoms with van der Waals surface area (Å²) in [6.07, 6.45) is 10.0. The molecule has 1 saturated carbocycles. The maximum atomic E-state index is 6.31. The van der Waals surface area contributed by atoms with Crippen LogP contribution >= 0.6 is 0 Å². The quantitative estimate of drug-likeness (QED) is 0.835. The number of hydrogen-bond acceptors (Lipinski definition) is 3. The Morgan fingerprint density at radius 2 is 1.94 bits per heavy atom. The molecule has 3 nitrogen and oxygen atoms in total. The Kier molecular flexibility index (Phi) is 3.92. The van der Waals surface area contributed by atoms with Crippen molar-refractivity contribution in [3.8, 4) is 0 Å². The Balaban J connectivity index is 1.37. The van der Waals surface area contributed by atoms with Crippen LogP contribution in [0.25, 0.3) is 0 Å². The Hall–Kier alpha value is -0.120. The van der Waals surface area contributed by atoms with Crippen molar-refractivity contribution in [2.75, 3.05) is 19.7 Å². The topological polar surface area (TPSA) is 30.5 Å². The molecule has 0 bridgehead atoms. The normalized spacial score (nSPS) is 38.8. The molecule has 1 spiro atoms. The Morgan fingerprint density at radius 3 is 2.67 bits per heavy atom. The molecule has 1 N–H and O–H groups in total. The first-order valence-corrected chi connectivity index (χ1v) is 7.78. The third-order valence-corrected chi connectivity index (χ3v) is 5.17. The van der Waals surface area contributed by atoms with Gasteiger partial charge in [-0.25, -0.2) is 0 Å². The summed E-state index contributed by atoms with van der Waals surface area (Å²) >= 11 is 0. The second-order valence-corrected chi connectivity index (χ2v) is 6.45. The van der Waals surface area contributed by atoms with E-state index in [1.807, 2.05) is 0 Å². The van der Waals surface area contributed by atoms with Crippen molar-refractivity contribution in [2.24, 2.45) is 5.92 Å². The van der Waals surface area contributed by atoms with Crippen molar-refractivity contribution in [1.29, 1.82) is 0 Å². The van der Waals surface area contributed by atoms with Gasteiger partial charge < -0.3 is 14.8 Å². The molecule has 0 radical (unpaired) electrons. The van der Waals surface area contributed by atoms with E-state index in [9.17, 15) is 0 Å². The molecule has 0 aromatic rings. The van der Waals surface area contributed by atoms with E-state index in [-0.39, 0.29) is 5.60 Å². The van der Waals surface area contributed by atoms with Crippen LogP contribution in [0.3, 0.4) is 0 Å². The summed E-state index contributed by atoms with van der Waals surface area (Å²) in [5.74, 6) is 0.701. The van der Waals surface area contributed by atoms with Crippen LogP contribution in [0.2, 0.25) is 0 Å². The van der Waals surface area contributed by atoms with Crippen LogP contribution in [0.4, 0.5) is 0 Å². The first kappa shape index (κ1) is 12.9. The molecule has 104 valence electrons. The number of hydrogen-bond donors (Lipinski definition) is 1. The van der Waals surface area contributed by atoms with Crippen molar-refractivity contribution in [1.82, 2.24) is 5.32 Å². The highest BCUT2D eigenvalue weighted by atomic mass is 16.5. The van der Waals surface area contributed by atoms with Crippen LogP contribution in [0, 0.1) is 5.92 Å². The molecule has 3 atom stereocenters. The Labute approximate surface area is 111 Å². The fourth-order valence-electron chi connectivity index (χ4n) is 3.90. The Bertz CT molecular complexity index is 276. The zero-order valence-corrected chi connectivity index (χ0v) is 11.6. The fraction of sp³-hybridized carbons (Fsp3) is 1.00. The van der Waals surface area contributed by atoms with Crippen LogP contribution < -0.4 is 5.32 Å². The third-order valence-electron chi connectivity index (χ3n) is 5.17. The highest BCUT2D eigenvalue weighted by Crippen LogP contribution is 2.43. The van der Waals surface area contributed by atoms with E-state index >= 15 is 0 Å². The van der Waals surface area contributed by atoms with Gasteiger partial charge >= 0.3 is 0 Å². The van der Waals surface area contributed by atoms with Crippen LogP contribution in [-0.4, -0.2) is 37.5 Å². The lowest BCUT2D eigenvalue weighted by atomic mass is 9.98. The van der Waals surface area contributed by atoms with Gasteiger partial charge in [-0.05, 0) is 44.9 Å². The first-order chi connectivity index (χ1) is 8.77. The number of nitrogens with one attached hydrogen (secondary N) is 1. The van der Waals surface area contributed by atoms with E-state index in [4.69, 9.17) is 9.47 Å². The average Bonchev–Trinajstić information content (AvgIpc) is 3.06. The van der Waals surface area contributed by atoms with Crippen LogP contribution in [-0.2, 0) is 9.47 Å². The minimum absolute atomic E-state index is 0.288. The van der Waals surface area contributed by atoms with E-state index in [2.05, 4.69) is 12.2 Å². The fourth-order valence-corrected chi connectivity index (χ4v) is 3.90. The molecule has 0 aromatic carbocycles. The molecule has 3 fully saturated rings. The van der Waals surface area contributed by atoms with Gasteiger partial charge in [0.15, 0.2) is 0 Å². The van der Waals surface area contributed by atoms with E-state index in [0.717, 1.165) is 19.7 Å². The molecule has 0 aromatic heterocycles. The number of rotatable bonds is 4. The van der Waals surface area contributed by atoms with E-state index in [0.29, 0.717) is 18.1 Å². The largest absolute Gasteiger partial charge is 0.378 e. The summed E-state index contributed by atoms with van der Waals surface area (Å²) in [6, 6.07) is 0. The summed E-state index contributed by atoms with van der Waals surface area (Å²) in [5, 5.41) is 3.60. The second kappa shape index (κ2) is 5.48. The zero-order chi connectivity index (χ0) is 12.4. The molecule has 3 rings (SSSR count). The van der Waals surface area contributed by atoms with Gasteiger partial charge in [-0.1, -0.05) is 12.8 Å². The lowest BCUT2D eigenvalue weighted by Gasteiger charge is -2.24. The smallest absolute Gasteiger partial charge is 0.0708 e. The van der Waals surface area contributed by atoms with Crippen molar-refractivity contribution in [2.45, 2.75) is 69.7 Å². The molecule has 3 aliphatic rings. The Morgan fingerprint density at radius 1 is 1.11 bits per heavy atom. The van der Waals surface area contributed by atoms with Crippen molar-refractivity contribution in [3.05, 3.63) is 0 Å². The van der Waals surface area contributed by atoms with Crippen LogP contribution in [0.15, 0.2) is 0 Å².